The molecule has 1 fully saturated rings. The van der Waals surface area contributed by atoms with E-state index in [1.54, 1.807) is 0 Å². The third-order valence-electron chi connectivity index (χ3n) is 5.48. The van der Waals surface area contributed by atoms with Crippen LogP contribution in [-0.4, -0.2) is 37.4 Å². The molecule has 4 rings (SSSR count). The van der Waals surface area contributed by atoms with Gasteiger partial charge in [0.15, 0.2) is 0 Å². The van der Waals surface area contributed by atoms with Gasteiger partial charge in [0.05, 0.1) is 26.3 Å². The van der Waals surface area contributed by atoms with Crippen LogP contribution in [0.3, 0.4) is 0 Å². The van der Waals surface area contributed by atoms with Crippen LogP contribution < -0.4 is 0 Å². The first-order valence-corrected chi connectivity index (χ1v) is 9.87. The molecule has 0 unspecified atom stereocenters. The Morgan fingerprint density at radius 3 is 1.97 bits per heavy atom. The van der Waals surface area contributed by atoms with Gasteiger partial charge in [-0.2, -0.15) is 0 Å². The molecule has 0 bridgehead atoms. The summed E-state index contributed by atoms with van der Waals surface area (Å²) in [4.78, 5) is 14.4. The van der Waals surface area contributed by atoms with E-state index < -0.39 is 0 Å². The molecule has 4 heteroatoms. The van der Waals surface area contributed by atoms with Crippen LogP contribution in [0, 0.1) is 0 Å². The molecule has 3 aromatic carbocycles. The molecule has 0 N–H and O–H groups in total. The van der Waals surface area contributed by atoms with Gasteiger partial charge in [-0.05, 0) is 16.7 Å². The fraction of sp³-hybridized carbons (Fsp3) is 0.240. The molecule has 1 saturated heterocycles. The van der Waals surface area contributed by atoms with Crippen molar-refractivity contribution in [1.82, 2.24) is 4.90 Å². The van der Waals surface area contributed by atoms with Gasteiger partial charge in [-0.3, -0.25) is 9.69 Å². The monoisotopic (exact) mass is 387 g/mol. The summed E-state index contributed by atoms with van der Waals surface area (Å²) in [7, 11) is 1.43. The van der Waals surface area contributed by atoms with E-state index in [1.165, 1.54) is 7.11 Å². The molecule has 0 amide bonds. The predicted octanol–water partition coefficient (Wildman–Crippen LogP) is 4.39. The smallest absolute Gasteiger partial charge is 0.319 e. The second-order valence-electron chi connectivity index (χ2n) is 7.20. The Morgan fingerprint density at radius 1 is 0.931 bits per heavy atom. The van der Waals surface area contributed by atoms with Crippen molar-refractivity contribution in [2.24, 2.45) is 0 Å². The van der Waals surface area contributed by atoms with Gasteiger partial charge in [0.2, 0.25) is 0 Å². The molecular weight excluding hydrogens is 362 g/mol. The van der Waals surface area contributed by atoms with E-state index in [9.17, 15) is 4.79 Å². The third kappa shape index (κ3) is 4.24. The maximum absolute atomic E-state index is 12.3. The minimum absolute atomic E-state index is 0.00442. The topological polar surface area (TPSA) is 38.8 Å². The highest BCUT2D eigenvalue weighted by atomic mass is 16.5. The lowest BCUT2D eigenvalue weighted by Crippen LogP contribution is -2.41. The largest absolute Gasteiger partial charge is 0.468 e. The van der Waals surface area contributed by atoms with Crippen LogP contribution in [0.25, 0.3) is 0 Å². The van der Waals surface area contributed by atoms with Gasteiger partial charge in [-0.1, -0.05) is 91.0 Å². The van der Waals surface area contributed by atoms with Crippen molar-refractivity contribution in [3.63, 3.8) is 0 Å². The van der Waals surface area contributed by atoms with Crippen molar-refractivity contribution in [1.29, 1.82) is 0 Å². The summed E-state index contributed by atoms with van der Waals surface area (Å²) in [6, 6.07) is 30.9. The molecule has 0 spiro atoms. The lowest BCUT2D eigenvalue weighted by molar-refractivity contribution is -0.144. The molecule has 0 aliphatic carbocycles. The van der Waals surface area contributed by atoms with Crippen LogP contribution in [0.4, 0.5) is 0 Å². The van der Waals surface area contributed by atoms with Crippen LogP contribution in [0.15, 0.2) is 91.0 Å². The number of hydrogen-bond donors (Lipinski definition) is 0. The van der Waals surface area contributed by atoms with E-state index in [0.29, 0.717) is 6.61 Å². The van der Waals surface area contributed by atoms with Crippen molar-refractivity contribution in [3.05, 3.63) is 108 Å². The summed E-state index contributed by atoms with van der Waals surface area (Å²) in [6.45, 7) is 0.707. The Bertz CT molecular complexity index is 875. The molecule has 1 aliphatic heterocycles. The van der Waals surface area contributed by atoms with Crippen molar-refractivity contribution in [2.75, 3.05) is 20.3 Å². The fourth-order valence-corrected chi connectivity index (χ4v) is 4.07. The molecule has 2 atom stereocenters. The highest BCUT2D eigenvalue weighted by molar-refractivity contribution is 5.71. The number of nitrogens with zero attached hydrogens (tertiary/aromatic N) is 1. The second-order valence-corrected chi connectivity index (χ2v) is 7.20. The average molecular weight is 387 g/mol. The first-order valence-electron chi connectivity index (χ1n) is 9.87. The lowest BCUT2D eigenvalue weighted by Gasteiger charge is -2.33. The standard InChI is InChI=1S/C25H25NO3/c1-28-23(27)17-26-22(19-11-5-2-6-12-19)18-29-25(26)24(20-13-7-3-8-14-20)21-15-9-4-10-16-21/h2-16,22,24-25H,17-18H2,1H3/t22-,25+/m1/s1. The van der Waals surface area contributed by atoms with Crippen LogP contribution in [0.5, 0.6) is 0 Å². The molecule has 4 nitrogen and oxygen atoms in total. The van der Waals surface area contributed by atoms with Crippen LogP contribution in [0.1, 0.15) is 28.7 Å². The molecule has 0 aromatic heterocycles. The average Bonchev–Trinajstić information content (AvgIpc) is 3.19. The number of benzene rings is 3. The highest BCUT2D eigenvalue weighted by Crippen LogP contribution is 2.40. The van der Waals surface area contributed by atoms with E-state index in [1.807, 2.05) is 54.6 Å². The molecular formula is C25H25NO3. The predicted molar refractivity (Wildman–Crippen MR) is 112 cm³/mol. The van der Waals surface area contributed by atoms with E-state index in [0.717, 1.165) is 16.7 Å². The minimum atomic E-state index is -0.274. The van der Waals surface area contributed by atoms with E-state index >= 15 is 0 Å². The Labute approximate surface area is 171 Å². The summed E-state index contributed by atoms with van der Waals surface area (Å²) in [5.74, 6) is -0.280. The Hall–Kier alpha value is -2.95. The van der Waals surface area contributed by atoms with Crippen molar-refractivity contribution in [3.8, 4) is 0 Å². The van der Waals surface area contributed by atoms with Crippen LogP contribution in [-0.2, 0) is 14.3 Å². The second kappa shape index (κ2) is 9.03. The summed E-state index contributed by atoms with van der Waals surface area (Å²) >= 11 is 0. The number of methoxy groups -OCH3 is 1. The molecule has 3 aromatic rings. The SMILES string of the molecule is COC(=O)CN1[C@@H](c2ccccc2)CO[C@H]1C(c1ccccc1)c1ccccc1. The van der Waals surface area contributed by atoms with Gasteiger partial charge in [-0.25, -0.2) is 0 Å². The Kier molecular flexibility index (Phi) is 6.03. The Balaban J connectivity index is 1.75. The lowest BCUT2D eigenvalue weighted by atomic mass is 9.89. The quantitative estimate of drug-likeness (QED) is 0.588. The number of rotatable bonds is 6. The summed E-state index contributed by atoms with van der Waals surface area (Å²) in [6.07, 6.45) is -0.274. The number of carbonyl (C=O) groups is 1. The van der Waals surface area contributed by atoms with E-state index in [-0.39, 0.29) is 30.7 Å². The van der Waals surface area contributed by atoms with Crippen LogP contribution in [0.2, 0.25) is 0 Å². The maximum Gasteiger partial charge on any atom is 0.319 e. The summed E-state index contributed by atoms with van der Waals surface area (Å²) in [5, 5.41) is 0. The van der Waals surface area contributed by atoms with Gasteiger partial charge in [0, 0.05) is 5.92 Å². The van der Waals surface area contributed by atoms with E-state index in [2.05, 4.69) is 41.3 Å². The normalized spacial score (nSPS) is 19.4. The summed E-state index contributed by atoms with van der Waals surface area (Å²) in [5.41, 5.74) is 3.46. The number of carbonyl (C=O) groups excluding carboxylic acids is 1. The van der Waals surface area contributed by atoms with Gasteiger partial charge in [0.1, 0.15) is 6.23 Å². The highest BCUT2D eigenvalue weighted by Gasteiger charge is 2.42. The molecule has 0 radical (unpaired) electrons. The fourth-order valence-electron chi connectivity index (χ4n) is 4.07. The van der Waals surface area contributed by atoms with Gasteiger partial charge >= 0.3 is 5.97 Å². The molecule has 1 heterocycles. The number of ether oxygens (including phenoxy) is 2. The molecule has 148 valence electrons. The van der Waals surface area contributed by atoms with Crippen LogP contribution >= 0.6 is 0 Å². The first kappa shape index (κ1) is 19.4. The zero-order valence-electron chi connectivity index (χ0n) is 16.5. The minimum Gasteiger partial charge on any atom is -0.468 e. The zero-order valence-corrected chi connectivity index (χ0v) is 16.5. The van der Waals surface area contributed by atoms with Crippen molar-refractivity contribution < 1.29 is 14.3 Å². The zero-order chi connectivity index (χ0) is 20.1. The molecule has 29 heavy (non-hydrogen) atoms. The maximum atomic E-state index is 12.3. The number of hydrogen-bond acceptors (Lipinski definition) is 4. The van der Waals surface area contributed by atoms with Gasteiger partial charge < -0.3 is 9.47 Å². The third-order valence-corrected chi connectivity index (χ3v) is 5.48. The molecule has 1 aliphatic rings. The summed E-state index contributed by atoms with van der Waals surface area (Å²) < 4.78 is 11.4. The van der Waals surface area contributed by atoms with Crippen molar-refractivity contribution >= 4 is 5.97 Å². The number of esters is 1. The Morgan fingerprint density at radius 2 is 1.45 bits per heavy atom. The van der Waals surface area contributed by atoms with E-state index in [4.69, 9.17) is 9.47 Å². The van der Waals surface area contributed by atoms with Crippen molar-refractivity contribution in [2.45, 2.75) is 18.2 Å². The first-order chi connectivity index (χ1) is 14.3. The molecule has 0 saturated carbocycles. The van der Waals surface area contributed by atoms with Gasteiger partial charge in [-0.15, -0.1) is 0 Å². The van der Waals surface area contributed by atoms with Gasteiger partial charge in [0.25, 0.3) is 0 Å².